The standard InChI is InChI=1S/C19H25N5O/c1-14-10-20-11-16(22-14)17(25)23-18-4-3-5-19(13-18,7-6-18)24-9-8-21-15(2)12-24/h8,10-12H,3-7,9,13H2,1-2H3,(H,23,25). The molecule has 0 spiro atoms. The Morgan fingerprint density at radius 3 is 2.88 bits per heavy atom. The van der Waals surface area contributed by atoms with E-state index in [1.807, 2.05) is 20.1 Å². The van der Waals surface area contributed by atoms with Crippen molar-refractivity contribution >= 4 is 12.1 Å². The molecule has 2 fully saturated rings. The molecule has 1 aromatic heterocycles. The van der Waals surface area contributed by atoms with Crippen LogP contribution in [-0.4, -0.2) is 44.6 Å². The summed E-state index contributed by atoms with van der Waals surface area (Å²) in [6.45, 7) is 4.77. The van der Waals surface area contributed by atoms with Crippen LogP contribution in [0, 0.1) is 6.92 Å². The van der Waals surface area contributed by atoms with Gasteiger partial charge in [0.2, 0.25) is 0 Å². The van der Waals surface area contributed by atoms with Gasteiger partial charge in [0, 0.05) is 29.7 Å². The van der Waals surface area contributed by atoms with Crippen LogP contribution in [0.15, 0.2) is 29.3 Å². The highest BCUT2D eigenvalue weighted by Gasteiger charge is 2.54. The highest BCUT2D eigenvalue weighted by atomic mass is 16.2. The first kappa shape index (κ1) is 16.2. The van der Waals surface area contributed by atoms with Crippen molar-refractivity contribution in [2.24, 2.45) is 4.99 Å². The van der Waals surface area contributed by atoms with E-state index in [0.717, 1.165) is 50.0 Å². The van der Waals surface area contributed by atoms with Crippen LogP contribution in [0.5, 0.6) is 0 Å². The number of nitrogens with zero attached hydrogens (tertiary/aromatic N) is 4. The monoisotopic (exact) mass is 339 g/mol. The number of allylic oxidation sites excluding steroid dienone is 1. The highest BCUT2D eigenvalue weighted by molar-refractivity contribution is 5.92. The maximum absolute atomic E-state index is 12.7. The summed E-state index contributed by atoms with van der Waals surface area (Å²) in [4.78, 5) is 28.0. The molecule has 25 heavy (non-hydrogen) atoms. The van der Waals surface area contributed by atoms with Gasteiger partial charge in [0.25, 0.3) is 5.91 Å². The number of carbonyl (C=O) groups excluding carboxylic acids is 1. The number of nitrogens with one attached hydrogen (secondary N) is 1. The Balaban J connectivity index is 1.53. The summed E-state index contributed by atoms with van der Waals surface area (Å²) >= 11 is 0. The third-order valence-electron chi connectivity index (χ3n) is 5.93. The third kappa shape index (κ3) is 2.94. The SMILES string of the molecule is CC1=CN(C23CCCC(NC(=O)c4cncc(C)n4)(CC2)C3)CC=N1. The van der Waals surface area contributed by atoms with Crippen LogP contribution in [0.3, 0.4) is 0 Å². The zero-order valence-electron chi connectivity index (χ0n) is 15.0. The molecule has 2 bridgehead atoms. The lowest BCUT2D eigenvalue weighted by atomic mass is 9.77. The van der Waals surface area contributed by atoms with Crippen LogP contribution < -0.4 is 5.32 Å². The molecule has 1 N–H and O–H groups in total. The molecule has 0 aromatic carbocycles. The van der Waals surface area contributed by atoms with Crippen LogP contribution in [0.2, 0.25) is 0 Å². The lowest BCUT2D eigenvalue weighted by Crippen LogP contribution is -2.54. The second-order valence-corrected chi connectivity index (χ2v) is 7.77. The molecule has 6 heteroatoms. The molecule has 6 nitrogen and oxygen atoms in total. The van der Waals surface area contributed by atoms with Crippen LogP contribution in [0.4, 0.5) is 0 Å². The lowest BCUT2D eigenvalue weighted by molar-refractivity contribution is 0.0793. The molecule has 2 heterocycles. The zero-order chi connectivity index (χ0) is 17.5. The molecule has 2 unspecified atom stereocenters. The van der Waals surface area contributed by atoms with Gasteiger partial charge in [-0.05, 0) is 52.4 Å². The second kappa shape index (κ2) is 5.93. The van der Waals surface area contributed by atoms with E-state index < -0.39 is 0 Å². The molecule has 4 rings (SSSR count). The van der Waals surface area contributed by atoms with Crippen LogP contribution >= 0.6 is 0 Å². The van der Waals surface area contributed by atoms with Gasteiger partial charge in [0.1, 0.15) is 5.69 Å². The number of hydrogen-bond acceptors (Lipinski definition) is 5. The molecule has 2 saturated carbocycles. The van der Waals surface area contributed by atoms with E-state index in [9.17, 15) is 4.79 Å². The fourth-order valence-corrected chi connectivity index (χ4v) is 4.81. The Morgan fingerprint density at radius 1 is 1.20 bits per heavy atom. The van der Waals surface area contributed by atoms with Gasteiger partial charge in [0.05, 0.1) is 24.1 Å². The number of hydrogen-bond donors (Lipinski definition) is 1. The number of fused-ring (bicyclic) bond motifs is 2. The Bertz CT molecular complexity index is 758. The van der Waals surface area contributed by atoms with Crippen molar-refractivity contribution in [1.82, 2.24) is 20.2 Å². The number of aromatic nitrogens is 2. The summed E-state index contributed by atoms with van der Waals surface area (Å²) in [7, 11) is 0. The first-order chi connectivity index (χ1) is 12.0. The molecule has 0 saturated heterocycles. The van der Waals surface area contributed by atoms with Crippen LogP contribution in [0.25, 0.3) is 0 Å². The first-order valence-electron chi connectivity index (χ1n) is 9.09. The molecule has 1 aromatic rings. The molecule has 1 amide bonds. The number of rotatable bonds is 3. The molecule has 3 aliphatic rings. The van der Waals surface area contributed by atoms with E-state index in [1.165, 1.54) is 6.42 Å². The third-order valence-corrected chi connectivity index (χ3v) is 5.93. The van der Waals surface area contributed by atoms with Gasteiger partial charge in [-0.15, -0.1) is 0 Å². The highest BCUT2D eigenvalue weighted by Crippen LogP contribution is 2.51. The molecule has 1 aliphatic heterocycles. The Labute approximate surface area is 148 Å². The maximum atomic E-state index is 12.7. The van der Waals surface area contributed by atoms with Crippen LogP contribution in [-0.2, 0) is 0 Å². The summed E-state index contributed by atoms with van der Waals surface area (Å²) in [6.07, 6.45) is 13.9. The first-order valence-corrected chi connectivity index (χ1v) is 9.09. The fraction of sp³-hybridized carbons (Fsp3) is 0.579. The summed E-state index contributed by atoms with van der Waals surface area (Å²) < 4.78 is 0. The second-order valence-electron chi connectivity index (χ2n) is 7.77. The Hall–Kier alpha value is -2.24. The van der Waals surface area contributed by atoms with Crippen molar-refractivity contribution in [1.29, 1.82) is 0 Å². The topological polar surface area (TPSA) is 70.5 Å². The largest absolute Gasteiger partial charge is 0.365 e. The average Bonchev–Trinajstić information content (AvgIpc) is 2.86. The molecule has 2 atom stereocenters. The van der Waals surface area contributed by atoms with Crippen molar-refractivity contribution in [3.8, 4) is 0 Å². The lowest BCUT2D eigenvalue weighted by Gasteiger charge is -2.46. The molecule has 2 aliphatic carbocycles. The van der Waals surface area contributed by atoms with Gasteiger partial charge in [-0.25, -0.2) is 4.98 Å². The number of carbonyl (C=O) groups is 1. The van der Waals surface area contributed by atoms with E-state index in [2.05, 4.69) is 31.4 Å². The van der Waals surface area contributed by atoms with Gasteiger partial charge in [-0.2, -0.15) is 0 Å². The van der Waals surface area contributed by atoms with Gasteiger partial charge in [-0.3, -0.25) is 14.8 Å². The summed E-state index contributed by atoms with van der Waals surface area (Å²) in [5, 5.41) is 3.32. The molecule has 132 valence electrons. The van der Waals surface area contributed by atoms with Crippen LogP contribution in [0.1, 0.15) is 61.6 Å². The molecule has 0 radical (unpaired) electrons. The molecular weight excluding hydrogens is 314 g/mol. The Morgan fingerprint density at radius 2 is 2.08 bits per heavy atom. The normalized spacial score (nSPS) is 31.0. The smallest absolute Gasteiger partial charge is 0.271 e. The zero-order valence-corrected chi connectivity index (χ0v) is 15.0. The van der Waals surface area contributed by atoms with Crippen molar-refractivity contribution in [2.45, 2.75) is 63.5 Å². The molecular formula is C19H25N5O. The van der Waals surface area contributed by atoms with Crippen molar-refractivity contribution in [3.63, 3.8) is 0 Å². The number of aryl methyl sites for hydroxylation is 1. The van der Waals surface area contributed by atoms with E-state index in [1.54, 1.807) is 12.4 Å². The quantitative estimate of drug-likeness (QED) is 0.919. The predicted molar refractivity (Wildman–Crippen MR) is 96.4 cm³/mol. The maximum Gasteiger partial charge on any atom is 0.271 e. The Kier molecular flexibility index (Phi) is 3.85. The van der Waals surface area contributed by atoms with E-state index in [0.29, 0.717) is 5.69 Å². The van der Waals surface area contributed by atoms with Crippen molar-refractivity contribution < 1.29 is 4.79 Å². The van der Waals surface area contributed by atoms with Crippen molar-refractivity contribution in [3.05, 3.63) is 35.7 Å². The minimum absolute atomic E-state index is 0.0965. The van der Waals surface area contributed by atoms with E-state index in [-0.39, 0.29) is 17.0 Å². The fourth-order valence-electron chi connectivity index (χ4n) is 4.81. The average molecular weight is 339 g/mol. The minimum Gasteiger partial charge on any atom is -0.365 e. The summed E-state index contributed by atoms with van der Waals surface area (Å²) in [5.74, 6) is -0.0965. The minimum atomic E-state index is -0.114. The van der Waals surface area contributed by atoms with Gasteiger partial charge in [0.15, 0.2) is 0 Å². The summed E-state index contributed by atoms with van der Waals surface area (Å²) in [6, 6.07) is 0. The van der Waals surface area contributed by atoms with Gasteiger partial charge in [-0.1, -0.05) is 0 Å². The van der Waals surface area contributed by atoms with Gasteiger partial charge < -0.3 is 10.2 Å². The van der Waals surface area contributed by atoms with Crippen molar-refractivity contribution in [2.75, 3.05) is 6.54 Å². The van der Waals surface area contributed by atoms with E-state index in [4.69, 9.17) is 0 Å². The summed E-state index contributed by atoms with van der Waals surface area (Å²) in [5.41, 5.74) is 2.28. The van der Waals surface area contributed by atoms with Gasteiger partial charge >= 0.3 is 0 Å². The van der Waals surface area contributed by atoms with E-state index >= 15 is 0 Å². The number of aliphatic imine (C=N–C) groups is 1. The predicted octanol–water partition coefficient (Wildman–Crippen LogP) is 2.61. The number of amides is 1.